The summed E-state index contributed by atoms with van der Waals surface area (Å²) in [6, 6.07) is 12.3. The molecule has 5 nitrogen and oxygen atoms in total. The predicted molar refractivity (Wildman–Crippen MR) is 110 cm³/mol. The second-order valence-corrected chi connectivity index (χ2v) is 8.77. The molecule has 2 atom stereocenters. The molecule has 2 amide bonds. The zero-order valence-corrected chi connectivity index (χ0v) is 16.7. The van der Waals surface area contributed by atoms with E-state index in [9.17, 15) is 9.59 Å². The van der Waals surface area contributed by atoms with Crippen molar-refractivity contribution in [1.82, 2.24) is 4.90 Å². The monoisotopic (exact) mass is 398 g/mol. The van der Waals surface area contributed by atoms with E-state index < -0.39 is 5.41 Å². The number of benzene rings is 1. The van der Waals surface area contributed by atoms with Crippen LogP contribution in [0.2, 0.25) is 0 Å². The molecule has 1 aromatic heterocycles. The van der Waals surface area contributed by atoms with Crippen LogP contribution >= 0.6 is 11.3 Å². The van der Waals surface area contributed by atoms with Gasteiger partial charge < -0.3 is 15.4 Å². The number of hydrogen-bond donors (Lipinski definition) is 1. The first-order valence-corrected chi connectivity index (χ1v) is 10.8. The minimum absolute atomic E-state index is 0.00867. The van der Waals surface area contributed by atoms with Gasteiger partial charge in [-0.2, -0.15) is 0 Å². The fourth-order valence-electron chi connectivity index (χ4n) is 4.44. The van der Waals surface area contributed by atoms with Crippen molar-refractivity contribution < 1.29 is 14.3 Å². The third-order valence-electron chi connectivity index (χ3n) is 5.95. The first-order chi connectivity index (χ1) is 13.6. The maximum atomic E-state index is 12.9. The number of likely N-dealkylation sites (tertiary alicyclic amines) is 1. The molecule has 2 saturated heterocycles. The topological polar surface area (TPSA) is 72.6 Å². The molecular weight excluding hydrogens is 372 g/mol. The van der Waals surface area contributed by atoms with Crippen molar-refractivity contribution in [2.24, 2.45) is 11.1 Å². The quantitative estimate of drug-likeness (QED) is 0.840. The fourth-order valence-corrected chi connectivity index (χ4v) is 5.23. The summed E-state index contributed by atoms with van der Waals surface area (Å²) < 4.78 is 5.58. The predicted octanol–water partition coefficient (Wildman–Crippen LogP) is 3.23. The number of nitrogens with two attached hydrogens (primary N) is 1. The second-order valence-electron chi connectivity index (χ2n) is 7.82. The average molecular weight is 399 g/mol. The van der Waals surface area contributed by atoms with Gasteiger partial charge in [0.15, 0.2) is 0 Å². The molecule has 2 aromatic rings. The standard InChI is InChI=1S/C22H26N2O3S/c23-21(26)22(10-5-11-24(15-22)20(25)18-8-3-12-27-18)14-16-6-1-2-7-17(16)19-9-4-13-28-19/h1-2,4,6-7,9,13,18H,3,5,8,10-12,14-15H2,(H2,23,26)/t18-,22+/m1/s1. The summed E-state index contributed by atoms with van der Waals surface area (Å²) in [5.41, 5.74) is 7.44. The molecule has 0 bridgehead atoms. The Morgan fingerprint density at radius 2 is 2.07 bits per heavy atom. The van der Waals surface area contributed by atoms with Crippen molar-refractivity contribution >= 4 is 23.2 Å². The number of carbonyl (C=O) groups is 2. The van der Waals surface area contributed by atoms with Crippen molar-refractivity contribution in [2.75, 3.05) is 19.7 Å². The first kappa shape index (κ1) is 19.2. The highest BCUT2D eigenvalue weighted by molar-refractivity contribution is 7.13. The molecule has 2 aliphatic rings. The SMILES string of the molecule is NC(=O)[C@]1(Cc2ccccc2-c2cccs2)CCCN(C(=O)[C@H]2CCCO2)C1. The lowest BCUT2D eigenvalue weighted by Crippen LogP contribution is -2.55. The van der Waals surface area contributed by atoms with Gasteiger partial charge in [-0.05, 0) is 54.7 Å². The van der Waals surface area contributed by atoms with E-state index in [2.05, 4.69) is 23.6 Å². The molecule has 0 unspecified atom stereocenters. The smallest absolute Gasteiger partial charge is 0.251 e. The van der Waals surface area contributed by atoms with E-state index in [-0.39, 0.29) is 17.9 Å². The highest BCUT2D eigenvalue weighted by atomic mass is 32.1. The van der Waals surface area contributed by atoms with Crippen molar-refractivity contribution in [3.8, 4) is 10.4 Å². The number of ether oxygens (including phenoxy) is 1. The molecule has 0 saturated carbocycles. The van der Waals surface area contributed by atoms with E-state index in [1.54, 1.807) is 16.2 Å². The molecule has 0 radical (unpaired) electrons. The van der Waals surface area contributed by atoms with Gasteiger partial charge in [-0.3, -0.25) is 9.59 Å². The van der Waals surface area contributed by atoms with Gasteiger partial charge in [0.05, 0.1) is 5.41 Å². The molecule has 1 aromatic carbocycles. The van der Waals surface area contributed by atoms with Crippen molar-refractivity contribution in [2.45, 2.75) is 38.2 Å². The summed E-state index contributed by atoms with van der Waals surface area (Å²) in [4.78, 5) is 28.5. The van der Waals surface area contributed by atoms with Crippen LogP contribution in [-0.4, -0.2) is 42.5 Å². The molecule has 4 rings (SSSR count). The Morgan fingerprint density at radius 1 is 1.21 bits per heavy atom. The summed E-state index contributed by atoms with van der Waals surface area (Å²) in [5.74, 6) is -0.312. The van der Waals surface area contributed by atoms with Crippen LogP contribution in [0.1, 0.15) is 31.2 Å². The van der Waals surface area contributed by atoms with E-state index in [1.165, 1.54) is 4.88 Å². The number of hydrogen-bond acceptors (Lipinski definition) is 4. The van der Waals surface area contributed by atoms with Gasteiger partial charge in [0.2, 0.25) is 5.91 Å². The van der Waals surface area contributed by atoms with Gasteiger partial charge in [0, 0.05) is 24.6 Å². The Labute approximate surface area is 169 Å². The van der Waals surface area contributed by atoms with Gasteiger partial charge >= 0.3 is 0 Å². The number of rotatable bonds is 5. The lowest BCUT2D eigenvalue weighted by molar-refractivity contribution is -0.147. The van der Waals surface area contributed by atoms with Crippen molar-refractivity contribution in [3.05, 3.63) is 47.3 Å². The number of carbonyl (C=O) groups excluding carboxylic acids is 2. The molecule has 148 valence electrons. The Bertz CT molecular complexity index is 845. The van der Waals surface area contributed by atoms with Gasteiger partial charge in [0.1, 0.15) is 6.10 Å². The van der Waals surface area contributed by atoms with E-state index in [0.717, 1.165) is 30.4 Å². The fraction of sp³-hybridized carbons (Fsp3) is 0.455. The molecular formula is C22H26N2O3S. The van der Waals surface area contributed by atoms with Gasteiger partial charge in [0.25, 0.3) is 5.91 Å². The third-order valence-corrected chi connectivity index (χ3v) is 6.85. The zero-order chi connectivity index (χ0) is 19.6. The highest BCUT2D eigenvalue weighted by Crippen LogP contribution is 2.38. The van der Waals surface area contributed by atoms with Crippen LogP contribution in [0.5, 0.6) is 0 Å². The minimum atomic E-state index is -0.736. The first-order valence-electron chi connectivity index (χ1n) is 9.91. The molecule has 2 aliphatic heterocycles. The molecule has 2 N–H and O–H groups in total. The van der Waals surface area contributed by atoms with E-state index in [0.29, 0.717) is 32.5 Å². The van der Waals surface area contributed by atoms with Crippen LogP contribution in [-0.2, 0) is 20.7 Å². The van der Waals surface area contributed by atoms with Crippen LogP contribution in [0.3, 0.4) is 0 Å². The number of nitrogens with zero attached hydrogens (tertiary/aromatic N) is 1. The van der Waals surface area contributed by atoms with Crippen LogP contribution in [0.25, 0.3) is 10.4 Å². The number of piperidine rings is 1. The Hall–Kier alpha value is -2.18. The second kappa shape index (κ2) is 8.05. The summed E-state index contributed by atoms with van der Waals surface area (Å²) in [6.07, 6.45) is 3.35. The number of primary amides is 1. The molecule has 6 heteroatoms. The molecule has 0 aliphatic carbocycles. The van der Waals surface area contributed by atoms with E-state index in [1.807, 2.05) is 18.2 Å². The highest BCUT2D eigenvalue weighted by Gasteiger charge is 2.44. The normalized spacial score (nSPS) is 25.0. The van der Waals surface area contributed by atoms with Crippen molar-refractivity contribution in [1.29, 1.82) is 0 Å². The van der Waals surface area contributed by atoms with Gasteiger partial charge in [-0.15, -0.1) is 11.3 Å². The largest absolute Gasteiger partial charge is 0.369 e. The lowest BCUT2D eigenvalue weighted by atomic mass is 9.73. The molecule has 2 fully saturated rings. The number of amides is 2. The van der Waals surface area contributed by atoms with Crippen molar-refractivity contribution in [3.63, 3.8) is 0 Å². The Balaban J connectivity index is 1.60. The third kappa shape index (κ3) is 3.71. The lowest BCUT2D eigenvalue weighted by Gasteiger charge is -2.41. The maximum Gasteiger partial charge on any atom is 0.251 e. The van der Waals surface area contributed by atoms with Crippen LogP contribution in [0.4, 0.5) is 0 Å². The van der Waals surface area contributed by atoms with E-state index >= 15 is 0 Å². The molecule has 28 heavy (non-hydrogen) atoms. The zero-order valence-electron chi connectivity index (χ0n) is 15.9. The Morgan fingerprint density at radius 3 is 2.79 bits per heavy atom. The van der Waals surface area contributed by atoms with Crippen LogP contribution in [0, 0.1) is 5.41 Å². The maximum absolute atomic E-state index is 12.9. The summed E-state index contributed by atoms with van der Waals surface area (Å²) in [7, 11) is 0. The summed E-state index contributed by atoms with van der Waals surface area (Å²) >= 11 is 1.68. The van der Waals surface area contributed by atoms with Gasteiger partial charge in [-0.25, -0.2) is 0 Å². The average Bonchev–Trinajstić information content (AvgIpc) is 3.42. The van der Waals surface area contributed by atoms with Crippen LogP contribution < -0.4 is 5.73 Å². The molecule has 0 spiro atoms. The number of thiophene rings is 1. The van der Waals surface area contributed by atoms with Gasteiger partial charge in [-0.1, -0.05) is 30.3 Å². The van der Waals surface area contributed by atoms with Crippen LogP contribution in [0.15, 0.2) is 41.8 Å². The summed E-state index contributed by atoms with van der Waals surface area (Å²) in [6.45, 7) is 1.68. The summed E-state index contributed by atoms with van der Waals surface area (Å²) in [5, 5.41) is 2.05. The molecule has 3 heterocycles. The minimum Gasteiger partial charge on any atom is -0.369 e. The Kier molecular flexibility index (Phi) is 5.51. The van der Waals surface area contributed by atoms with E-state index in [4.69, 9.17) is 10.5 Å².